The van der Waals surface area contributed by atoms with Gasteiger partial charge >= 0.3 is 0 Å². The largest absolute Gasteiger partial charge is 0.409 e. The predicted octanol–water partition coefficient (Wildman–Crippen LogP) is 4.20. The van der Waals surface area contributed by atoms with Gasteiger partial charge in [0.15, 0.2) is 11.7 Å². The van der Waals surface area contributed by atoms with E-state index in [1.54, 1.807) is 36.4 Å². The summed E-state index contributed by atoms with van der Waals surface area (Å²) in [6.07, 6.45) is 0. The first-order valence-corrected chi connectivity index (χ1v) is 12.0. The fraction of sp³-hybridized carbons (Fsp3) is 0.0435. The lowest BCUT2D eigenvalue weighted by Crippen LogP contribution is -2.14. The van der Waals surface area contributed by atoms with E-state index in [0.717, 1.165) is 0 Å². The third-order valence-corrected chi connectivity index (χ3v) is 6.59. The Labute approximate surface area is 204 Å². The molecule has 0 unspecified atom stereocenters. The van der Waals surface area contributed by atoms with E-state index in [1.165, 1.54) is 37.3 Å². The topological polar surface area (TPSA) is 148 Å². The number of amidine groups is 1. The fourth-order valence-electron chi connectivity index (χ4n) is 3.18. The zero-order valence-corrected chi connectivity index (χ0v) is 20.2. The van der Waals surface area contributed by atoms with Crippen molar-refractivity contribution < 1.29 is 22.8 Å². The molecule has 0 saturated heterocycles. The van der Waals surface area contributed by atoms with E-state index in [9.17, 15) is 17.6 Å². The molecule has 0 heterocycles. The van der Waals surface area contributed by atoms with Crippen molar-refractivity contribution in [2.24, 2.45) is 16.0 Å². The highest BCUT2D eigenvalue weighted by Crippen LogP contribution is 2.34. The van der Waals surface area contributed by atoms with Crippen molar-refractivity contribution in [2.45, 2.75) is 11.8 Å². The van der Waals surface area contributed by atoms with Crippen molar-refractivity contribution in [1.29, 1.82) is 0 Å². The summed E-state index contributed by atoms with van der Waals surface area (Å²) in [7, 11) is -3.96. The van der Waals surface area contributed by atoms with Gasteiger partial charge in [-0.15, -0.1) is 0 Å². The molecule has 1 amide bonds. The molecular formula is C23H20BrFN4O4S. The number of hydrogen-bond donors (Lipinski definition) is 4. The molecule has 0 bridgehead atoms. The normalized spacial score (nSPS) is 12.8. The summed E-state index contributed by atoms with van der Waals surface area (Å²) in [6, 6.07) is 17.0. The Bertz CT molecular complexity index is 1420. The molecular weight excluding hydrogens is 527 g/mol. The van der Waals surface area contributed by atoms with Crippen LogP contribution in [0.5, 0.6) is 0 Å². The molecule has 34 heavy (non-hydrogen) atoms. The predicted molar refractivity (Wildman–Crippen MR) is 132 cm³/mol. The van der Waals surface area contributed by atoms with Crippen molar-refractivity contribution in [3.63, 3.8) is 0 Å². The molecule has 0 spiro atoms. The minimum atomic E-state index is -3.96. The van der Waals surface area contributed by atoms with Crippen LogP contribution in [0.25, 0.3) is 16.7 Å². The number of oxime groups is 1. The van der Waals surface area contributed by atoms with Gasteiger partial charge in [-0.1, -0.05) is 69.6 Å². The number of nitrogens with two attached hydrogens (primary N) is 2. The molecule has 0 aliphatic carbocycles. The number of benzene rings is 3. The van der Waals surface area contributed by atoms with E-state index < -0.39 is 21.8 Å². The van der Waals surface area contributed by atoms with Gasteiger partial charge in [0, 0.05) is 21.3 Å². The summed E-state index contributed by atoms with van der Waals surface area (Å²) in [5, 5.41) is 19.4. The van der Waals surface area contributed by atoms with E-state index >= 15 is 0 Å². The quantitative estimate of drug-likeness (QED) is 0.120. The van der Waals surface area contributed by atoms with Gasteiger partial charge in [-0.2, -0.15) is 0 Å². The molecule has 0 saturated carbocycles. The Balaban J connectivity index is 1.85. The molecule has 0 aromatic heterocycles. The highest BCUT2D eigenvalue weighted by molar-refractivity contribution is 9.10. The number of rotatable bonds is 6. The molecule has 0 fully saturated rings. The summed E-state index contributed by atoms with van der Waals surface area (Å²) in [5.41, 5.74) is 7.70. The molecule has 3 rings (SSSR count). The summed E-state index contributed by atoms with van der Waals surface area (Å²) in [6.45, 7) is 1.45. The Hall–Kier alpha value is -3.54. The van der Waals surface area contributed by atoms with Crippen molar-refractivity contribution in [1.82, 2.24) is 0 Å². The van der Waals surface area contributed by atoms with Gasteiger partial charge < -0.3 is 16.3 Å². The number of amides is 1. The number of nitrogens with one attached hydrogen (secondary N) is 1. The van der Waals surface area contributed by atoms with Crippen molar-refractivity contribution in [2.75, 3.05) is 5.32 Å². The van der Waals surface area contributed by atoms with Gasteiger partial charge in [0.1, 0.15) is 0 Å². The Morgan fingerprint density at radius 3 is 2.24 bits per heavy atom. The Morgan fingerprint density at radius 2 is 1.65 bits per heavy atom. The van der Waals surface area contributed by atoms with Crippen LogP contribution in [0.15, 0.2) is 87.1 Å². The summed E-state index contributed by atoms with van der Waals surface area (Å²) < 4.78 is 39.1. The molecule has 0 atom stereocenters. The van der Waals surface area contributed by atoms with Crippen molar-refractivity contribution in [3.8, 4) is 11.1 Å². The zero-order chi connectivity index (χ0) is 25.0. The van der Waals surface area contributed by atoms with Crippen LogP contribution in [0.3, 0.4) is 0 Å². The van der Waals surface area contributed by atoms with Gasteiger partial charge in [0.05, 0.1) is 4.90 Å². The van der Waals surface area contributed by atoms with Crippen LogP contribution in [-0.2, 0) is 14.8 Å². The first kappa shape index (κ1) is 25.1. The standard InChI is InChI=1S/C23H20BrFN4O4S/c1-13(14-6-8-15(9-7-14)22(26)29-31)21(25)23(30)28-16-10-11-17(19(24)12-16)18-4-2-3-5-20(18)34(27,32)33/h2-12,31H,1H3,(H2,26,29)(H,28,30)(H2,27,32,33)/b21-13+. The van der Waals surface area contributed by atoms with Gasteiger partial charge in [0.25, 0.3) is 5.91 Å². The minimum absolute atomic E-state index is 0.0462. The number of primary sulfonamides is 1. The van der Waals surface area contributed by atoms with Gasteiger partial charge in [-0.05, 0) is 41.8 Å². The highest BCUT2D eigenvalue weighted by Gasteiger charge is 2.18. The van der Waals surface area contributed by atoms with Crippen LogP contribution in [0.4, 0.5) is 10.1 Å². The number of sulfonamides is 1. The fourth-order valence-corrected chi connectivity index (χ4v) is 4.53. The van der Waals surface area contributed by atoms with Crippen LogP contribution < -0.4 is 16.2 Å². The van der Waals surface area contributed by atoms with Crippen LogP contribution >= 0.6 is 15.9 Å². The van der Waals surface area contributed by atoms with E-state index in [2.05, 4.69) is 26.4 Å². The lowest BCUT2D eigenvalue weighted by Gasteiger charge is -2.12. The van der Waals surface area contributed by atoms with Gasteiger partial charge in [-0.25, -0.2) is 17.9 Å². The van der Waals surface area contributed by atoms with Crippen LogP contribution in [-0.4, -0.2) is 25.4 Å². The lowest BCUT2D eigenvalue weighted by atomic mass is 10.0. The summed E-state index contributed by atoms with van der Waals surface area (Å²) in [5.74, 6) is -2.04. The summed E-state index contributed by atoms with van der Waals surface area (Å²) >= 11 is 3.37. The molecule has 176 valence electrons. The van der Waals surface area contributed by atoms with Crippen LogP contribution in [0.2, 0.25) is 0 Å². The highest BCUT2D eigenvalue weighted by atomic mass is 79.9. The van der Waals surface area contributed by atoms with Crippen LogP contribution in [0.1, 0.15) is 18.1 Å². The number of halogens is 2. The van der Waals surface area contributed by atoms with Gasteiger partial charge in [0.2, 0.25) is 10.0 Å². The van der Waals surface area contributed by atoms with Crippen LogP contribution in [0, 0.1) is 0 Å². The molecule has 0 aliphatic rings. The molecule has 3 aromatic rings. The first-order chi connectivity index (χ1) is 16.0. The molecule has 0 radical (unpaired) electrons. The molecule has 11 heteroatoms. The minimum Gasteiger partial charge on any atom is -0.409 e. The molecule has 6 N–H and O–H groups in total. The third-order valence-electron chi connectivity index (χ3n) is 4.96. The average Bonchev–Trinajstić information content (AvgIpc) is 2.82. The smallest absolute Gasteiger partial charge is 0.284 e. The second-order valence-corrected chi connectivity index (χ2v) is 9.58. The lowest BCUT2D eigenvalue weighted by molar-refractivity contribution is -0.114. The number of anilines is 1. The second kappa shape index (κ2) is 10.2. The second-order valence-electron chi connectivity index (χ2n) is 7.19. The maximum atomic E-state index is 14.8. The molecule has 0 aliphatic heterocycles. The number of allylic oxidation sites excluding steroid dienone is 1. The Morgan fingerprint density at radius 1 is 1.03 bits per heavy atom. The monoisotopic (exact) mass is 546 g/mol. The van der Waals surface area contributed by atoms with E-state index in [4.69, 9.17) is 16.1 Å². The van der Waals surface area contributed by atoms with E-state index in [0.29, 0.717) is 32.4 Å². The molecule has 3 aromatic carbocycles. The van der Waals surface area contributed by atoms with Crippen molar-refractivity contribution in [3.05, 3.63) is 88.2 Å². The number of carbonyl (C=O) groups is 1. The maximum Gasteiger partial charge on any atom is 0.284 e. The summed E-state index contributed by atoms with van der Waals surface area (Å²) in [4.78, 5) is 12.4. The average molecular weight is 547 g/mol. The number of nitrogens with zero attached hydrogens (tertiary/aromatic N) is 1. The first-order valence-electron chi connectivity index (χ1n) is 9.70. The molecule has 8 nitrogen and oxygen atoms in total. The van der Waals surface area contributed by atoms with E-state index in [-0.39, 0.29) is 16.3 Å². The SMILES string of the molecule is C/C(=C(\F)C(=O)Nc1ccc(-c2ccccc2S(N)(=O)=O)c(Br)c1)c1ccc(/C(N)=N/O)cc1. The van der Waals surface area contributed by atoms with Crippen molar-refractivity contribution >= 4 is 49.0 Å². The Kier molecular flexibility index (Phi) is 7.50. The number of hydrogen-bond acceptors (Lipinski definition) is 5. The van der Waals surface area contributed by atoms with Gasteiger partial charge in [-0.3, -0.25) is 4.79 Å². The van der Waals surface area contributed by atoms with E-state index in [1.807, 2.05) is 0 Å². The maximum absolute atomic E-state index is 14.8. The number of carbonyl (C=O) groups excluding carboxylic acids is 1. The zero-order valence-electron chi connectivity index (χ0n) is 17.8. The third kappa shape index (κ3) is 5.50.